The Kier molecular flexibility index (Phi) is 6.84. The van der Waals surface area contributed by atoms with Crippen LogP contribution in [0.5, 0.6) is 5.75 Å². The fourth-order valence-electron chi connectivity index (χ4n) is 4.14. The van der Waals surface area contributed by atoms with Gasteiger partial charge in [0, 0.05) is 18.7 Å². The Morgan fingerprint density at radius 2 is 1.78 bits per heavy atom. The van der Waals surface area contributed by atoms with E-state index in [1.165, 1.54) is 0 Å². The van der Waals surface area contributed by atoms with Crippen molar-refractivity contribution in [2.75, 3.05) is 13.1 Å². The molecule has 0 spiro atoms. The van der Waals surface area contributed by atoms with Crippen molar-refractivity contribution in [3.8, 4) is 11.8 Å². The Bertz CT molecular complexity index is 1100. The van der Waals surface area contributed by atoms with E-state index >= 15 is 0 Å². The average molecular weight is 427 g/mol. The maximum absolute atomic E-state index is 13.0. The molecular weight excluding hydrogens is 400 g/mol. The van der Waals surface area contributed by atoms with E-state index in [1.807, 2.05) is 65.6 Å². The average Bonchev–Trinajstić information content (AvgIpc) is 2.87. The second-order valence-corrected chi connectivity index (χ2v) is 8.11. The van der Waals surface area contributed by atoms with Crippen LogP contribution in [0.2, 0.25) is 0 Å². The highest BCUT2D eigenvalue weighted by atomic mass is 16.5. The molecule has 1 heterocycles. The van der Waals surface area contributed by atoms with Crippen LogP contribution < -0.4 is 4.74 Å². The van der Waals surface area contributed by atoms with Crippen LogP contribution in [0.1, 0.15) is 46.0 Å². The highest BCUT2D eigenvalue weighted by Crippen LogP contribution is 2.31. The number of nitrogens with zero attached hydrogens (tertiary/aromatic N) is 2. The monoisotopic (exact) mass is 426 g/mol. The quantitative estimate of drug-likeness (QED) is 0.619. The number of aliphatic hydroxyl groups is 1. The molecule has 1 amide bonds. The molecule has 32 heavy (non-hydrogen) atoms. The van der Waals surface area contributed by atoms with Crippen LogP contribution in [0.25, 0.3) is 0 Å². The van der Waals surface area contributed by atoms with E-state index in [-0.39, 0.29) is 11.8 Å². The summed E-state index contributed by atoms with van der Waals surface area (Å²) in [4.78, 5) is 14.9. The summed E-state index contributed by atoms with van der Waals surface area (Å²) in [6, 6.07) is 26.3. The molecule has 1 N–H and O–H groups in total. The molecule has 3 aromatic rings. The number of carbonyl (C=O) groups excluding carboxylic acids is 1. The molecule has 4 rings (SSSR count). The highest BCUT2D eigenvalue weighted by molar-refractivity contribution is 5.94. The second-order valence-electron chi connectivity index (χ2n) is 8.11. The van der Waals surface area contributed by atoms with Crippen molar-refractivity contribution >= 4 is 5.91 Å². The summed E-state index contributed by atoms with van der Waals surface area (Å²) in [5.74, 6) is 0.788. The molecule has 1 aliphatic rings. The van der Waals surface area contributed by atoms with Crippen LogP contribution in [-0.2, 0) is 6.61 Å². The molecule has 5 heteroatoms. The lowest BCUT2D eigenvalue weighted by Gasteiger charge is -2.34. The predicted octanol–water partition coefficient (Wildman–Crippen LogP) is 4.72. The number of carbonyl (C=O) groups is 1. The smallest absolute Gasteiger partial charge is 0.253 e. The van der Waals surface area contributed by atoms with Crippen molar-refractivity contribution in [2.45, 2.75) is 25.6 Å². The topological polar surface area (TPSA) is 73.6 Å². The van der Waals surface area contributed by atoms with Crippen molar-refractivity contribution in [3.05, 3.63) is 101 Å². The molecule has 3 aromatic carbocycles. The second kappa shape index (κ2) is 10.1. The van der Waals surface area contributed by atoms with Crippen molar-refractivity contribution in [1.29, 1.82) is 5.26 Å². The van der Waals surface area contributed by atoms with Crippen molar-refractivity contribution in [3.63, 3.8) is 0 Å². The number of piperidine rings is 1. The Balaban J connectivity index is 1.34. The number of benzene rings is 3. The van der Waals surface area contributed by atoms with Gasteiger partial charge in [0.2, 0.25) is 0 Å². The van der Waals surface area contributed by atoms with Gasteiger partial charge in [0.25, 0.3) is 5.91 Å². The fraction of sp³-hybridized carbons (Fsp3) is 0.259. The first-order valence-electron chi connectivity index (χ1n) is 10.9. The highest BCUT2D eigenvalue weighted by Gasteiger charge is 2.28. The first-order chi connectivity index (χ1) is 15.6. The van der Waals surface area contributed by atoms with E-state index in [0.717, 1.165) is 24.0 Å². The lowest BCUT2D eigenvalue weighted by atomic mass is 9.87. The minimum Gasteiger partial charge on any atom is -0.489 e. The van der Waals surface area contributed by atoms with Gasteiger partial charge in [0.15, 0.2) is 0 Å². The van der Waals surface area contributed by atoms with Crippen molar-refractivity contribution in [1.82, 2.24) is 4.90 Å². The molecule has 0 aromatic heterocycles. The fourth-order valence-corrected chi connectivity index (χ4v) is 4.14. The van der Waals surface area contributed by atoms with Crippen LogP contribution in [0.15, 0.2) is 78.9 Å². The predicted molar refractivity (Wildman–Crippen MR) is 122 cm³/mol. The van der Waals surface area contributed by atoms with Gasteiger partial charge < -0.3 is 14.7 Å². The zero-order valence-electron chi connectivity index (χ0n) is 17.9. The summed E-state index contributed by atoms with van der Waals surface area (Å²) >= 11 is 0. The van der Waals surface area contributed by atoms with Crippen molar-refractivity contribution < 1.29 is 14.6 Å². The maximum Gasteiger partial charge on any atom is 0.253 e. The van der Waals surface area contributed by atoms with E-state index < -0.39 is 6.10 Å². The molecule has 1 fully saturated rings. The molecule has 1 aliphatic heterocycles. The molecule has 5 nitrogen and oxygen atoms in total. The summed E-state index contributed by atoms with van der Waals surface area (Å²) in [6.45, 7) is 1.59. The number of likely N-dealkylation sites (tertiary alicyclic amines) is 1. The summed E-state index contributed by atoms with van der Waals surface area (Å²) in [5.41, 5.74) is 3.02. The molecule has 1 saturated heterocycles. The van der Waals surface area contributed by atoms with Crippen LogP contribution in [-0.4, -0.2) is 29.0 Å². The minimum absolute atomic E-state index is 0.00554. The third kappa shape index (κ3) is 5.16. The van der Waals surface area contributed by atoms with Gasteiger partial charge in [0.1, 0.15) is 12.4 Å². The van der Waals surface area contributed by atoms with Gasteiger partial charge in [-0.05, 0) is 60.2 Å². The van der Waals surface area contributed by atoms with E-state index in [2.05, 4.69) is 6.07 Å². The summed E-state index contributed by atoms with van der Waals surface area (Å²) < 4.78 is 5.79. The third-order valence-electron chi connectivity index (χ3n) is 5.96. The van der Waals surface area contributed by atoms with Gasteiger partial charge in [0.05, 0.1) is 17.7 Å². The minimum atomic E-state index is -0.492. The van der Waals surface area contributed by atoms with E-state index in [4.69, 9.17) is 10.00 Å². The summed E-state index contributed by atoms with van der Waals surface area (Å²) in [7, 11) is 0. The lowest BCUT2D eigenvalue weighted by Crippen LogP contribution is -2.39. The SMILES string of the molecule is N#Cc1cccc(OCc2cccc(C(=O)N3CCC(C(O)c4ccccc4)CC3)c2)c1. The van der Waals surface area contributed by atoms with Crippen LogP contribution in [0.4, 0.5) is 0 Å². The van der Waals surface area contributed by atoms with Gasteiger partial charge in [-0.3, -0.25) is 4.79 Å². The third-order valence-corrected chi connectivity index (χ3v) is 5.96. The van der Waals surface area contributed by atoms with Crippen molar-refractivity contribution in [2.24, 2.45) is 5.92 Å². The van der Waals surface area contributed by atoms with Crippen LogP contribution in [0, 0.1) is 17.2 Å². The lowest BCUT2D eigenvalue weighted by molar-refractivity contribution is 0.0462. The van der Waals surface area contributed by atoms with Crippen LogP contribution >= 0.6 is 0 Å². The number of nitriles is 1. The van der Waals surface area contributed by atoms with Gasteiger partial charge in [-0.25, -0.2) is 0 Å². The number of hydrogen-bond acceptors (Lipinski definition) is 4. The number of amides is 1. The Hall–Kier alpha value is -3.62. The molecule has 0 radical (unpaired) electrons. The zero-order chi connectivity index (χ0) is 22.3. The summed E-state index contributed by atoms with van der Waals surface area (Å²) in [5, 5.41) is 19.7. The van der Waals surface area contributed by atoms with E-state index in [1.54, 1.807) is 18.2 Å². The van der Waals surface area contributed by atoms with Gasteiger partial charge in [-0.15, -0.1) is 0 Å². The molecule has 1 atom stereocenters. The molecule has 1 unspecified atom stereocenters. The van der Waals surface area contributed by atoms with Gasteiger partial charge in [-0.1, -0.05) is 48.5 Å². The van der Waals surface area contributed by atoms with Crippen LogP contribution in [0.3, 0.4) is 0 Å². The Morgan fingerprint density at radius 1 is 1.03 bits per heavy atom. The maximum atomic E-state index is 13.0. The summed E-state index contributed by atoms with van der Waals surface area (Å²) in [6.07, 6.45) is 1.06. The molecule has 0 aliphatic carbocycles. The normalized spacial score (nSPS) is 15.1. The molecule has 162 valence electrons. The van der Waals surface area contributed by atoms with E-state index in [0.29, 0.717) is 36.6 Å². The number of hydrogen-bond donors (Lipinski definition) is 1. The standard InChI is InChI=1S/C27H26N2O3/c28-18-20-6-5-11-25(17-20)32-19-21-7-4-10-24(16-21)27(31)29-14-12-23(13-15-29)26(30)22-8-2-1-3-9-22/h1-11,16-17,23,26,30H,12-15,19H2. The molecular formula is C27H26N2O3. The Labute approximate surface area is 188 Å². The Morgan fingerprint density at radius 3 is 2.53 bits per heavy atom. The molecule has 0 saturated carbocycles. The zero-order valence-corrected chi connectivity index (χ0v) is 17.9. The number of ether oxygens (including phenoxy) is 1. The number of rotatable bonds is 6. The first-order valence-corrected chi connectivity index (χ1v) is 10.9. The van der Waals surface area contributed by atoms with Gasteiger partial charge >= 0.3 is 0 Å². The van der Waals surface area contributed by atoms with E-state index in [9.17, 15) is 9.90 Å². The number of aliphatic hydroxyl groups excluding tert-OH is 1. The first kappa shape index (κ1) is 21.6. The molecule has 0 bridgehead atoms. The van der Waals surface area contributed by atoms with Gasteiger partial charge in [-0.2, -0.15) is 5.26 Å². The largest absolute Gasteiger partial charge is 0.489 e.